The molecule has 1 N–H and O–H groups in total. The second-order valence-electron chi connectivity index (χ2n) is 6.99. The van der Waals surface area contributed by atoms with E-state index in [1.54, 1.807) is 0 Å². The Kier molecular flexibility index (Phi) is 9.80. The van der Waals surface area contributed by atoms with Crippen molar-refractivity contribution >= 4 is 30.7 Å². The number of piperidine rings is 1. The zero-order valence-corrected chi connectivity index (χ0v) is 16.7. The van der Waals surface area contributed by atoms with Crippen LogP contribution in [0.3, 0.4) is 0 Å². The van der Waals surface area contributed by atoms with Crippen LogP contribution >= 0.6 is 24.8 Å². The van der Waals surface area contributed by atoms with Gasteiger partial charge in [0.2, 0.25) is 5.91 Å². The minimum atomic E-state index is 0. The summed E-state index contributed by atoms with van der Waals surface area (Å²) in [7, 11) is 1.99. The predicted octanol–water partition coefficient (Wildman–Crippen LogP) is 3.10. The number of carbonyl (C=O) groups is 1. The van der Waals surface area contributed by atoms with Crippen LogP contribution in [0.25, 0.3) is 0 Å². The van der Waals surface area contributed by atoms with Crippen molar-refractivity contribution in [3.8, 4) is 0 Å². The molecule has 1 atom stereocenters. The highest BCUT2D eigenvalue weighted by atomic mass is 35.5. The highest BCUT2D eigenvalue weighted by Gasteiger charge is 2.27. The van der Waals surface area contributed by atoms with E-state index in [1.807, 2.05) is 11.9 Å². The molecule has 1 aromatic carbocycles. The first-order valence-electron chi connectivity index (χ1n) is 8.97. The smallest absolute Gasteiger partial charge is 0.224 e. The van der Waals surface area contributed by atoms with Crippen LogP contribution in [-0.2, 0) is 11.3 Å². The zero-order chi connectivity index (χ0) is 16.1. The summed E-state index contributed by atoms with van der Waals surface area (Å²) in [6.07, 6.45) is 5.20. The molecule has 2 heterocycles. The third-order valence-corrected chi connectivity index (χ3v) is 5.33. The van der Waals surface area contributed by atoms with Crippen LogP contribution in [0, 0.1) is 0 Å². The van der Waals surface area contributed by atoms with Crippen molar-refractivity contribution in [2.45, 2.75) is 50.7 Å². The minimum Gasteiger partial charge on any atom is -0.343 e. The molecule has 6 heteroatoms. The highest BCUT2D eigenvalue weighted by molar-refractivity contribution is 5.85. The van der Waals surface area contributed by atoms with Crippen LogP contribution in [0.1, 0.15) is 37.7 Å². The molecule has 0 aromatic heterocycles. The van der Waals surface area contributed by atoms with Crippen molar-refractivity contribution < 1.29 is 4.79 Å². The summed E-state index contributed by atoms with van der Waals surface area (Å²) < 4.78 is 0. The topological polar surface area (TPSA) is 35.6 Å². The molecule has 0 spiro atoms. The van der Waals surface area contributed by atoms with Gasteiger partial charge in [-0.2, -0.15) is 0 Å². The molecule has 1 aromatic rings. The van der Waals surface area contributed by atoms with Crippen molar-refractivity contribution in [2.24, 2.45) is 0 Å². The van der Waals surface area contributed by atoms with Gasteiger partial charge in [-0.1, -0.05) is 30.3 Å². The molecule has 25 heavy (non-hydrogen) atoms. The van der Waals surface area contributed by atoms with E-state index in [0.717, 1.165) is 45.4 Å². The number of benzene rings is 1. The van der Waals surface area contributed by atoms with Gasteiger partial charge in [-0.05, 0) is 37.8 Å². The lowest BCUT2D eigenvalue weighted by Gasteiger charge is -2.37. The summed E-state index contributed by atoms with van der Waals surface area (Å²) in [4.78, 5) is 17.0. The fourth-order valence-corrected chi connectivity index (χ4v) is 3.80. The molecule has 0 radical (unpaired) electrons. The van der Waals surface area contributed by atoms with Crippen LogP contribution < -0.4 is 5.32 Å². The van der Waals surface area contributed by atoms with Crippen LogP contribution in [0.5, 0.6) is 0 Å². The van der Waals surface area contributed by atoms with Gasteiger partial charge in [0, 0.05) is 45.2 Å². The van der Waals surface area contributed by atoms with Gasteiger partial charge in [0.1, 0.15) is 0 Å². The Labute approximate surface area is 164 Å². The van der Waals surface area contributed by atoms with E-state index < -0.39 is 0 Å². The van der Waals surface area contributed by atoms with Crippen LogP contribution in [0.2, 0.25) is 0 Å². The van der Waals surface area contributed by atoms with E-state index >= 15 is 0 Å². The second kappa shape index (κ2) is 11.0. The molecule has 2 saturated heterocycles. The molecule has 142 valence electrons. The summed E-state index contributed by atoms with van der Waals surface area (Å²) in [6.45, 7) is 4.26. The first-order chi connectivity index (χ1) is 11.2. The largest absolute Gasteiger partial charge is 0.343 e. The monoisotopic (exact) mass is 387 g/mol. The van der Waals surface area contributed by atoms with Crippen molar-refractivity contribution in [2.75, 3.05) is 26.7 Å². The average Bonchev–Trinajstić information content (AvgIpc) is 3.09. The highest BCUT2D eigenvalue weighted by Crippen LogP contribution is 2.19. The van der Waals surface area contributed by atoms with E-state index in [-0.39, 0.29) is 24.8 Å². The molecular formula is C19H31Cl2N3O. The standard InChI is InChI=1S/C19H29N3O.2ClH/c1-21(19(23)14-17-8-5-11-20-17)18-9-12-22(13-10-18)15-16-6-3-2-4-7-16;;/h2-4,6-7,17-18,20H,5,8-15H2,1H3;2*1H. The minimum absolute atomic E-state index is 0. The lowest BCUT2D eigenvalue weighted by molar-refractivity contribution is -0.133. The first kappa shape index (κ1) is 22.2. The van der Waals surface area contributed by atoms with Gasteiger partial charge in [-0.25, -0.2) is 0 Å². The van der Waals surface area contributed by atoms with Gasteiger partial charge in [0.05, 0.1) is 0 Å². The third kappa shape index (κ3) is 6.45. The third-order valence-electron chi connectivity index (χ3n) is 5.33. The van der Waals surface area contributed by atoms with Gasteiger partial charge in [-0.15, -0.1) is 24.8 Å². The number of amides is 1. The normalized spacial score (nSPS) is 21.2. The van der Waals surface area contributed by atoms with E-state index in [0.29, 0.717) is 24.4 Å². The maximum atomic E-state index is 12.4. The van der Waals surface area contributed by atoms with Gasteiger partial charge >= 0.3 is 0 Å². The van der Waals surface area contributed by atoms with Crippen LogP contribution in [0.4, 0.5) is 0 Å². The molecule has 2 fully saturated rings. The van der Waals surface area contributed by atoms with E-state index in [9.17, 15) is 4.79 Å². The zero-order valence-electron chi connectivity index (χ0n) is 15.0. The first-order valence-corrected chi connectivity index (χ1v) is 8.97. The Morgan fingerprint density at radius 2 is 1.84 bits per heavy atom. The Morgan fingerprint density at radius 3 is 2.44 bits per heavy atom. The lowest BCUT2D eigenvalue weighted by atomic mass is 10.0. The maximum Gasteiger partial charge on any atom is 0.224 e. The summed E-state index contributed by atoms with van der Waals surface area (Å²) in [5.74, 6) is 0.311. The number of nitrogens with zero attached hydrogens (tertiary/aromatic N) is 2. The van der Waals surface area contributed by atoms with Gasteiger partial charge in [0.15, 0.2) is 0 Å². The van der Waals surface area contributed by atoms with Crippen molar-refractivity contribution in [1.82, 2.24) is 15.1 Å². The van der Waals surface area contributed by atoms with Crippen molar-refractivity contribution in [3.05, 3.63) is 35.9 Å². The quantitative estimate of drug-likeness (QED) is 0.842. The molecule has 0 saturated carbocycles. The Balaban J connectivity index is 0.00000156. The summed E-state index contributed by atoms with van der Waals surface area (Å²) in [5, 5.41) is 3.42. The average molecular weight is 388 g/mol. The Morgan fingerprint density at radius 1 is 1.16 bits per heavy atom. The number of halogens is 2. The summed E-state index contributed by atoms with van der Waals surface area (Å²) in [6, 6.07) is 11.5. The molecular weight excluding hydrogens is 357 g/mol. The molecule has 0 aliphatic carbocycles. The molecule has 2 aliphatic heterocycles. The summed E-state index contributed by atoms with van der Waals surface area (Å²) >= 11 is 0. The number of hydrogen-bond acceptors (Lipinski definition) is 3. The van der Waals surface area contributed by atoms with Crippen LogP contribution in [0.15, 0.2) is 30.3 Å². The van der Waals surface area contributed by atoms with Crippen molar-refractivity contribution in [3.63, 3.8) is 0 Å². The SMILES string of the molecule is CN(C(=O)CC1CCCN1)C1CCN(Cc2ccccc2)CC1.Cl.Cl. The molecule has 2 aliphatic rings. The Bertz CT molecular complexity index is 501. The summed E-state index contributed by atoms with van der Waals surface area (Å²) in [5.41, 5.74) is 1.38. The number of nitrogens with one attached hydrogen (secondary N) is 1. The number of hydrogen-bond donors (Lipinski definition) is 1. The molecule has 1 amide bonds. The molecule has 0 bridgehead atoms. The Hall–Kier alpha value is -0.810. The molecule has 1 unspecified atom stereocenters. The fraction of sp³-hybridized carbons (Fsp3) is 0.632. The van der Waals surface area contributed by atoms with E-state index in [1.165, 1.54) is 12.0 Å². The molecule has 3 rings (SSSR count). The lowest BCUT2D eigenvalue weighted by Crippen LogP contribution is -2.46. The van der Waals surface area contributed by atoms with Gasteiger partial charge in [-0.3, -0.25) is 9.69 Å². The molecule has 4 nitrogen and oxygen atoms in total. The number of rotatable bonds is 5. The van der Waals surface area contributed by atoms with E-state index in [4.69, 9.17) is 0 Å². The van der Waals surface area contributed by atoms with Gasteiger partial charge in [0.25, 0.3) is 0 Å². The van der Waals surface area contributed by atoms with Crippen molar-refractivity contribution in [1.29, 1.82) is 0 Å². The maximum absolute atomic E-state index is 12.4. The predicted molar refractivity (Wildman–Crippen MR) is 108 cm³/mol. The van der Waals surface area contributed by atoms with Crippen LogP contribution in [-0.4, -0.2) is 54.5 Å². The fourth-order valence-electron chi connectivity index (χ4n) is 3.80. The van der Waals surface area contributed by atoms with Gasteiger partial charge < -0.3 is 10.2 Å². The second-order valence-corrected chi connectivity index (χ2v) is 6.99. The number of likely N-dealkylation sites (tertiary alicyclic amines) is 1. The number of carbonyl (C=O) groups excluding carboxylic acids is 1. The van der Waals surface area contributed by atoms with E-state index in [2.05, 4.69) is 40.5 Å².